The van der Waals surface area contributed by atoms with E-state index >= 15 is 0 Å². The van der Waals surface area contributed by atoms with Crippen molar-refractivity contribution >= 4 is 5.91 Å². The fourth-order valence-corrected chi connectivity index (χ4v) is 2.73. The predicted octanol–water partition coefficient (Wildman–Crippen LogP) is 1.41. The summed E-state index contributed by atoms with van der Waals surface area (Å²) in [6.07, 6.45) is 0. The predicted molar refractivity (Wildman–Crippen MR) is 85.0 cm³/mol. The van der Waals surface area contributed by atoms with E-state index in [0.29, 0.717) is 25.3 Å². The summed E-state index contributed by atoms with van der Waals surface area (Å²) in [7, 11) is 0. The molecule has 0 spiro atoms. The topological polar surface area (TPSA) is 67.6 Å². The summed E-state index contributed by atoms with van der Waals surface area (Å²) in [6.45, 7) is 5.72. The van der Waals surface area contributed by atoms with E-state index in [0.717, 1.165) is 22.6 Å². The van der Waals surface area contributed by atoms with Gasteiger partial charge in [-0.1, -0.05) is 12.1 Å². The monoisotopic (exact) mass is 315 g/mol. The number of hydrogen-bond donors (Lipinski definition) is 1. The van der Waals surface area contributed by atoms with Crippen molar-refractivity contribution in [2.24, 2.45) is 0 Å². The van der Waals surface area contributed by atoms with Crippen LogP contribution in [0.5, 0.6) is 5.75 Å². The van der Waals surface area contributed by atoms with Gasteiger partial charge in [-0.05, 0) is 37.1 Å². The Bertz CT molecular complexity index is 724. The van der Waals surface area contributed by atoms with Crippen molar-refractivity contribution in [3.8, 4) is 5.75 Å². The van der Waals surface area contributed by atoms with E-state index in [1.807, 2.05) is 42.8 Å². The maximum absolute atomic E-state index is 12.4. The third-order valence-electron chi connectivity index (χ3n) is 4.27. The molecule has 2 heterocycles. The quantitative estimate of drug-likeness (QED) is 0.926. The summed E-state index contributed by atoms with van der Waals surface area (Å²) in [6, 6.07) is 7.67. The number of aliphatic hydroxyl groups excluding tert-OH is 1. The molecule has 1 amide bonds. The van der Waals surface area contributed by atoms with Crippen LogP contribution in [-0.4, -0.2) is 38.8 Å². The van der Waals surface area contributed by atoms with Gasteiger partial charge in [0.25, 0.3) is 5.91 Å². The van der Waals surface area contributed by atoms with Crippen LogP contribution in [0, 0.1) is 13.8 Å². The number of ether oxygens (including phenoxy) is 1. The van der Waals surface area contributed by atoms with Gasteiger partial charge in [-0.25, -0.2) is 0 Å². The van der Waals surface area contributed by atoms with E-state index in [1.54, 1.807) is 4.90 Å². The highest BCUT2D eigenvalue weighted by Crippen LogP contribution is 2.21. The Morgan fingerprint density at radius 3 is 2.96 bits per heavy atom. The number of fused-ring (bicyclic) bond motifs is 1. The summed E-state index contributed by atoms with van der Waals surface area (Å²) < 4.78 is 7.54. The van der Waals surface area contributed by atoms with Crippen molar-refractivity contribution in [2.45, 2.75) is 33.5 Å². The van der Waals surface area contributed by atoms with Gasteiger partial charge in [-0.3, -0.25) is 9.48 Å². The van der Waals surface area contributed by atoms with Crippen LogP contribution in [-0.2, 0) is 24.5 Å². The second-order valence-corrected chi connectivity index (χ2v) is 5.81. The number of aromatic nitrogens is 2. The summed E-state index contributed by atoms with van der Waals surface area (Å²) in [5.74, 6) is 0.715. The minimum Gasteiger partial charge on any atom is -0.483 e. The van der Waals surface area contributed by atoms with Gasteiger partial charge in [0.1, 0.15) is 5.75 Å². The number of amides is 1. The van der Waals surface area contributed by atoms with E-state index in [9.17, 15) is 4.79 Å². The van der Waals surface area contributed by atoms with E-state index in [1.165, 1.54) is 0 Å². The molecule has 0 saturated heterocycles. The van der Waals surface area contributed by atoms with Gasteiger partial charge in [0, 0.05) is 6.54 Å². The number of hydrogen-bond acceptors (Lipinski definition) is 4. The number of rotatable bonds is 4. The smallest absolute Gasteiger partial charge is 0.260 e. The van der Waals surface area contributed by atoms with E-state index in [4.69, 9.17) is 9.84 Å². The Balaban J connectivity index is 1.62. The lowest BCUT2D eigenvalue weighted by Gasteiger charge is -2.27. The zero-order valence-corrected chi connectivity index (χ0v) is 13.5. The summed E-state index contributed by atoms with van der Waals surface area (Å²) in [4.78, 5) is 14.1. The Kier molecular flexibility index (Phi) is 4.34. The highest BCUT2D eigenvalue weighted by Gasteiger charge is 2.22. The standard InChI is InChI=1S/C17H21N3O3/c1-12-4-3-5-16(13(12)2)23-11-17(22)19-6-7-20-15(9-19)8-14(10-21)18-20/h3-5,8,21H,6-7,9-11H2,1-2H3. The molecule has 0 saturated carbocycles. The van der Waals surface area contributed by atoms with Gasteiger partial charge in [-0.15, -0.1) is 0 Å². The normalized spacial score (nSPS) is 13.8. The van der Waals surface area contributed by atoms with Crippen LogP contribution in [0.1, 0.15) is 22.5 Å². The average Bonchev–Trinajstić information content (AvgIpc) is 2.98. The second kappa shape index (κ2) is 6.42. The lowest BCUT2D eigenvalue weighted by molar-refractivity contribution is -0.134. The Hall–Kier alpha value is -2.34. The number of benzene rings is 1. The molecule has 1 aromatic heterocycles. The van der Waals surface area contributed by atoms with E-state index < -0.39 is 0 Å². The molecular weight excluding hydrogens is 294 g/mol. The molecule has 23 heavy (non-hydrogen) atoms. The van der Waals surface area contributed by atoms with Crippen molar-refractivity contribution < 1.29 is 14.6 Å². The highest BCUT2D eigenvalue weighted by molar-refractivity contribution is 5.78. The second-order valence-electron chi connectivity index (χ2n) is 5.81. The fourth-order valence-electron chi connectivity index (χ4n) is 2.73. The van der Waals surface area contributed by atoms with Crippen LogP contribution in [0.15, 0.2) is 24.3 Å². The Morgan fingerprint density at radius 2 is 2.17 bits per heavy atom. The molecule has 0 atom stereocenters. The summed E-state index contributed by atoms with van der Waals surface area (Å²) in [5.41, 5.74) is 3.79. The minimum absolute atomic E-state index is 0.0330. The van der Waals surface area contributed by atoms with Crippen LogP contribution in [0.3, 0.4) is 0 Å². The number of carbonyl (C=O) groups excluding carboxylic acids is 1. The van der Waals surface area contributed by atoms with Crippen molar-refractivity contribution in [2.75, 3.05) is 13.2 Å². The zero-order valence-electron chi connectivity index (χ0n) is 13.5. The molecule has 122 valence electrons. The molecule has 0 bridgehead atoms. The summed E-state index contributed by atoms with van der Waals surface area (Å²) in [5, 5.41) is 13.4. The number of carbonyl (C=O) groups is 1. The van der Waals surface area contributed by atoms with Crippen LogP contribution < -0.4 is 4.74 Å². The fraction of sp³-hybridized carbons (Fsp3) is 0.412. The van der Waals surface area contributed by atoms with Gasteiger partial charge in [-0.2, -0.15) is 5.10 Å². The number of aryl methyl sites for hydroxylation is 1. The molecule has 3 rings (SSSR count). The van der Waals surface area contributed by atoms with Gasteiger partial charge in [0.15, 0.2) is 6.61 Å². The Morgan fingerprint density at radius 1 is 1.35 bits per heavy atom. The third kappa shape index (κ3) is 3.22. The lowest BCUT2D eigenvalue weighted by Crippen LogP contribution is -2.40. The zero-order chi connectivity index (χ0) is 16.4. The van der Waals surface area contributed by atoms with Gasteiger partial charge in [0.05, 0.1) is 31.1 Å². The average molecular weight is 315 g/mol. The van der Waals surface area contributed by atoms with Crippen molar-refractivity contribution in [1.82, 2.24) is 14.7 Å². The molecule has 6 heteroatoms. The lowest BCUT2D eigenvalue weighted by atomic mass is 10.1. The molecule has 1 N–H and O–H groups in total. The van der Waals surface area contributed by atoms with Crippen LogP contribution in [0.2, 0.25) is 0 Å². The van der Waals surface area contributed by atoms with E-state index in [-0.39, 0.29) is 19.1 Å². The van der Waals surface area contributed by atoms with Crippen LogP contribution >= 0.6 is 0 Å². The van der Waals surface area contributed by atoms with Gasteiger partial charge >= 0.3 is 0 Å². The number of nitrogens with zero attached hydrogens (tertiary/aromatic N) is 3. The van der Waals surface area contributed by atoms with Crippen molar-refractivity contribution in [1.29, 1.82) is 0 Å². The van der Waals surface area contributed by atoms with Gasteiger partial charge in [0.2, 0.25) is 0 Å². The first-order valence-corrected chi connectivity index (χ1v) is 7.71. The maximum atomic E-state index is 12.4. The maximum Gasteiger partial charge on any atom is 0.260 e. The minimum atomic E-state index is -0.0797. The molecule has 1 aliphatic heterocycles. The first-order valence-electron chi connectivity index (χ1n) is 7.71. The first-order chi connectivity index (χ1) is 11.1. The molecule has 0 fully saturated rings. The summed E-state index contributed by atoms with van der Waals surface area (Å²) >= 11 is 0. The van der Waals surface area contributed by atoms with E-state index in [2.05, 4.69) is 5.10 Å². The molecule has 0 aliphatic carbocycles. The van der Waals surface area contributed by atoms with Gasteiger partial charge < -0.3 is 14.7 Å². The molecule has 2 aromatic rings. The molecule has 1 aliphatic rings. The van der Waals surface area contributed by atoms with Crippen molar-refractivity contribution in [3.63, 3.8) is 0 Å². The Labute approximate surface area is 135 Å². The largest absolute Gasteiger partial charge is 0.483 e. The molecule has 6 nitrogen and oxygen atoms in total. The SMILES string of the molecule is Cc1cccc(OCC(=O)N2CCn3nc(CO)cc3C2)c1C. The van der Waals surface area contributed by atoms with Crippen LogP contribution in [0.4, 0.5) is 0 Å². The molecule has 1 aromatic carbocycles. The third-order valence-corrected chi connectivity index (χ3v) is 4.27. The molecular formula is C17H21N3O3. The molecule has 0 unspecified atom stereocenters. The first kappa shape index (κ1) is 15.6. The van der Waals surface area contributed by atoms with Crippen LogP contribution in [0.25, 0.3) is 0 Å². The molecule has 0 radical (unpaired) electrons. The highest BCUT2D eigenvalue weighted by atomic mass is 16.5. The number of aliphatic hydroxyl groups is 1. The van der Waals surface area contributed by atoms with Crippen molar-refractivity contribution in [3.05, 3.63) is 46.8 Å².